The van der Waals surface area contributed by atoms with Crippen LogP contribution in [0.25, 0.3) is 10.2 Å². The highest BCUT2D eigenvalue weighted by molar-refractivity contribution is 7.17. The highest BCUT2D eigenvalue weighted by Crippen LogP contribution is 2.34. The Morgan fingerprint density at radius 2 is 1.69 bits per heavy atom. The molecule has 2 aromatic carbocycles. The van der Waals surface area contributed by atoms with E-state index in [2.05, 4.69) is 5.32 Å². The van der Waals surface area contributed by atoms with Crippen LogP contribution < -0.4 is 14.8 Å². The molecule has 0 unspecified atom stereocenters. The maximum absolute atomic E-state index is 13.4. The van der Waals surface area contributed by atoms with E-state index in [4.69, 9.17) is 14.2 Å². The molecular weight excluding hydrogens is 428 g/mol. The smallest absolute Gasteiger partial charge is 0.340 e. The third kappa shape index (κ3) is 4.04. The van der Waals surface area contributed by atoms with Crippen molar-refractivity contribution in [3.8, 4) is 11.5 Å². The van der Waals surface area contributed by atoms with E-state index in [-0.39, 0.29) is 17.2 Å². The number of hydrogen-bond donors (Lipinski definition) is 1. The van der Waals surface area contributed by atoms with Crippen molar-refractivity contribution in [2.45, 2.75) is 6.54 Å². The van der Waals surface area contributed by atoms with Gasteiger partial charge in [-0.25, -0.2) is 4.79 Å². The molecule has 1 N–H and O–H groups in total. The minimum absolute atomic E-state index is 0.168. The van der Waals surface area contributed by atoms with E-state index < -0.39 is 5.97 Å². The molecule has 4 rings (SSSR count). The number of ether oxygens (including phenoxy) is 3. The van der Waals surface area contributed by atoms with Crippen LogP contribution in [-0.2, 0) is 11.3 Å². The second-order valence-electron chi connectivity index (χ2n) is 6.97. The third-order valence-corrected chi connectivity index (χ3v) is 5.97. The summed E-state index contributed by atoms with van der Waals surface area (Å²) in [6, 6.07) is 16.8. The third-order valence-electron chi connectivity index (χ3n) is 5.12. The second kappa shape index (κ2) is 9.15. The molecule has 0 aliphatic rings. The lowest BCUT2D eigenvalue weighted by Crippen LogP contribution is -2.19. The summed E-state index contributed by atoms with van der Waals surface area (Å²) in [4.78, 5) is 25.7. The van der Waals surface area contributed by atoms with Gasteiger partial charge in [-0.15, -0.1) is 11.3 Å². The Hall–Kier alpha value is -3.78. The van der Waals surface area contributed by atoms with Gasteiger partial charge in [0.25, 0.3) is 5.91 Å². The van der Waals surface area contributed by atoms with E-state index in [9.17, 15) is 9.59 Å². The average Bonchev–Trinajstić information content (AvgIpc) is 3.41. The van der Waals surface area contributed by atoms with Gasteiger partial charge in [0.05, 0.1) is 42.8 Å². The summed E-state index contributed by atoms with van der Waals surface area (Å²) in [6.45, 7) is 0.541. The van der Waals surface area contributed by atoms with Gasteiger partial charge in [0.1, 0.15) is 5.69 Å². The summed E-state index contributed by atoms with van der Waals surface area (Å²) in [5, 5.41) is 4.85. The molecule has 0 aliphatic carbocycles. The molecule has 0 fully saturated rings. The Labute approximate surface area is 189 Å². The number of esters is 1. The van der Waals surface area contributed by atoms with Crippen LogP contribution >= 0.6 is 11.3 Å². The molecule has 32 heavy (non-hydrogen) atoms. The number of anilines is 1. The van der Waals surface area contributed by atoms with Gasteiger partial charge in [0.15, 0.2) is 11.5 Å². The minimum atomic E-state index is -0.595. The molecule has 4 aromatic rings. The summed E-state index contributed by atoms with van der Waals surface area (Å²) in [5.74, 6) is -0.196. The number of benzene rings is 2. The van der Waals surface area contributed by atoms with E-state index in [1.807, 2.05) is 52.4 Å². The fourth-order valence-electron chi connectivity index (χ4n) is 3.55. The maximum atomic E-state index is 13.4. The summed E-state index contributed by atoms with van der Waals surface area (Å²) in [5.41, 5.74) is 2.98. The number of nitrogens with one attached hydrogen (secondary N) is 1. The van der Waals surface area contributed by atoms with Crippen LogP contribution in [0.1, 0.15) is 26.4 Å². The van der Waals surface area contributed by atoms with Gasteiger partial charge < -0.3 is 24.1 Å². The van der Waals surface area contributed by atoms with Crippen LogP contribution in [0.15, 0.2) is 60.0 Å². The molecule has 2 heterocycles. The largest absolute Gasteiger partial charge is 0.493 e. The predicted molar refractivity (Wildman–Crippen MR) is 124 cm³/mol. The van der Waals surface area contributed by atoms with Gasteiger partial charge in [-0.1, -0.05) is 30.3 Å². The normalized spacial score (nSPS) is 10.7. The fraction of sp³-hybridized carbons (Fsp3) is 0.167. The Kier molecular flexibility index (Phi) is 6.13. The maximum Gasteiger partial charge on any atom is 0.340 e. The molecule has 164 valence electrons. The van der Waals surface area contributed by atoms with E-state index in [0.29, 0.717) is 23.7 Å². The Morgan fingerprint density at radius 3 is 2.38 bits per heavy atom. The van der Waals surface area contributed by atoms with Crippen LogP contribution in [0, 0.1) is 0 Å². The van der Waals surface area contributed by atoms with Crippen molar-refractivity contribution in [3.05, 3.63) is 76.8 Å². The number of hydrogen-bond acceptors (Lipinski definition) is 6. The number of carbonyl (C=O) groups excluding carboxylic acids is 2. The Morgan fingerprint density at radius 1 is 0.969 bits per heavy atom. The number of aromatic nitrogens is 1. The molecule has 0 spiro atoms. The summed E-state index contributed by atoms with van der Waals surface area (Å²) < 4.78 is 18.5. The lowest BCUT2D eigenvalue weighted by molar-refractivity contribution is 0.0601. The van der Waals surface area contributed by atoms with Gasteiger partial charge in [0.2, 0.25) is 0 Å². The number of amides is 1. The monoisotopic (exact) mass is 450 g/mol. The summed E-state index contributed by atoms with van der Waals surface area (Å²) in [6.07, 6.45) is 0. The molecule has 2 aromatic heterocycles. The van der Waals surface area contributed by atoms with E-state index in [1.165, 1.54) is 27.4 Å². The quantitative estimate of drug-likeness (QED) is 0.409. The van der Waals surface area contributed by atoms with Crippen molar-refractivity contribution >= 4 is 39.1 Å². The van der Waals surface area contributed by atoms with E-state index >= 15 is 0 Å². The zero-order valence-electron chi connectivity index (χ0n) is 17.9. The number of fused-ring (bicyclic) bond motifs is 1. The first-order valence-corrected chi connectivity index (χ1v) is 10.7. The lowest BCUT2D eigenvalue weighted by atomic mass is 10.1. The second-order valence-corrected chi connectivity index (χ2v) is 7.92. The number of thiophene rings is 1. The highest BCUT2D eigenvalue weighted by atomic mass is 32.1. The average molecular weight is 451 g/mol. The fourth-order valence-corrected chi connectivity index (χ4v) is 4.37. The Bertz CT molecular complexity index is 1280. The molecule has 8 heteroatoms. The van der Waals surface area contributed by atoms with Gasteiger partial charge in [-0.2, -0.15) is 0 Å². The van der Waals surface area contributed by atoms with Crippen molar-refractivity contribution in [1.29, 1.82) is 0 Å². The number of rotatable bonds is 7. The van der Waals surface area contributed by atoms with Crippen LogP contribution in [0.4, 0.5) is 5.69 Å². The van der Waals surface area contributed by atoms with Gasteiger partial charge in [-0.3, -0.25) is 4.79 Å². The van der Waals surface area contributed by atoms with Gasteiger partial charge in [0, 0.05) is 18.7 Å². The minimum Gasteiger partial charge on any atom is -0.493 e. The zero-order chi connectivity index (χ0) is 22.7. The highest BCUT2D eigenvalue weighted by Gasteiger charge is 2.22. The van der Waals surface area contributed by atoms with Crippen molar-refractivity contribution < 1.29 is 23.8 Å². The van der Waals surface area contributed by atoms with Crippen LogP contribution in [0.2, 0.25) is 0 Å². The zero-order valence-corrected chi connectivity index (χ0v) is 18.7. The Balaban J connectivity index is 1.74. The molecule has 0 bridgehead atoms. The first-order chi connectivity index (χ1) is 15.5. The molecule has 0 radical (unpaired) electrons. The van der Waals surface area contributed by atoms with Crippen molar-refractivity contribution in [3.63, 3.8) is 0 Å². The van der Waals surface area contributed by atoms with Crippen molar-refractivity contribution in [2.75, 3.05) is 26.6 Å². The molecular formula is C24H22N2O5S. The predicted octanol–water partition coefficient (Wildman–Crippen LogP) is 4.81. The molecule has 0 saturated carbocycles. The molecule has 7 nitrogen and oxygen atoms in total. The molecule has 0 atom stereocenters. The topological polar surface area (TPSA) is 78.8 Å². The number of carbonyl (C=O) groups is 2. The molecule has 0 aliphatic heterocycles. The van der Waals surface area contributed by atoms with Crippen LogP contribution in [-0.4, -0.2) is 37.8 Å². The number of methoxy groups -OCH3 is 3. The molecule has 0 saturated heterocycles. The van der Waals surface area contributed by atoms with E-state index in [0.717, 1.165) is 15.8 Å². The van der Waals surface area contributed by atoms with Crippen molar-refractivity contribution in [1.82, 2.24) is 4.57 Å². The molecule has 1 amide bonds. The SMILES string of the molecule is COC(=O)c1cc(OC)c(OC)cc1NC(=O)c1cc2sccc2n1Cc1ccccc1. The lowest BCUT2D eigenvalue weighted by Gasteiger charge is -2.15. The van der Waals surface area contributed by atoms with Crippen LogP contribution in [0.3, 0.4) is 0 Å². The van der Waals surface area contributed by atoms with Gasteiger partial charge in [-0.05, 0) is 23.1 Å². The standard InChI is InChI=1S/C24H22N2O5S/c1-29-20-11-16(24(28)31-3)17(12-21(20)30-2)25-23(27)19-13-22-18(9-10-32-22)26(19)14-15-7-5-4-6-8-15/h4-13H,14H2,1-3H3,(H,25,27). The summed E-state index contributed by atoms with van der Waals surface area (Å²) >= 11 is 1.57. The first kappa shape index (κ1) is 21.5. The van der Waals surface area contributed by atoms with Crippen molar-refractivity contribution in [2.24, 2.45) is 0 Å². The van der Waals surface area contributed by atoms with E-state index in [1.54, 1.807) is 17.4 Å². The van der Waals surface area contributed by atoms with Gasteiger partial charge >= 0.3 is 5.97 Å². The first-order valence-electron chi connectivity index (χ1n) is 9.82. The summed E-state index contributed by atoms with van der Waals surface area (Å²) in [7, 11) is 4.24. The number of nitrogens with zero attached hydrogens (tertiary/aromatic N) is 1. The van der Waals surface area contributed by atoms with Crippen LogP contribution in [0.5, 0.6) is 11.5 Å².